The normalized spacial score (nSPS) is 12.1. The Hall–Kier alpha value is -9.26. The topological polar surface area (TPSA) is 32.8 Å². The fraction of sp³-hybridized carbons (Fsp3) is 0.0857. The lowest BCUT2D eigenvalue weighted by molar-refractivity contribution is 0.631. The third-order valence-corrected chi connectivity index (χ3v) is 15.5. The Kier molecular flexibility index (Phi) is 10.6. The van der Waals surface area contributed by atoms with Crippen molar-refractivity contribution in [3.05, 3.63) is 241 Å². The minimum Gasteiger partial charge on any atom is -0.454 e. The van der Waals surface area contributed by atoms with Gasteiger partial charge in [0.1, 0.15) is 22.8 Å². The van der Waals surface area contributed by atoms with E-state index in [0.717, 1.165) is 121 Å². The fourth-order valence-corrected chi connectivity index (χ4v) is 11.9. The molecular formula is C70H50F2N2O2. The van der Waals surface area contributed by atoms with Crippen LogP contribution in [0.15, 0.2) is 227 Å². The van der Waals surface area contributed by atoms with Gasteiger partial charge in [-0.15, -0.1) is 0 Å². The number of hydrogen-bond donors (Lipinski definition) is 0. The lowest BCUT2D eigenvalue weighted by Crippen LogP contribution is -2.13. The predicted molar refractivity (Wildman–Crippen MR) is 313 cm³/mol. The maximum absolute atomic E-state index is 16.3. The number of anilines is 6. The fourth-order valence-electron chi connectivity index (χ4n) is 11.9. The summed E-state index contributed by atoms with van der Waals surface area (Å²) >= 11 is 0. The standard InChI is InChI=1S/C70H50F2N2O2/c1-41(2)55-39-63(73(45-29-35-59(71)57(37-45)43-17-7-5-8-18-43)61-25-15-23-51-47-21-11-13-27-65(47)75-69(51)61)53-34-32-50-56(42(3)4)40-64(54-33-31-49(55)67(53)68(50)54)74(46-30-36-60(72)58(38-46)44-19-9-6-10-20-44)62-26-16-24-52-48-22-12-14-28-66(48)76-70(52)62/h5-42H,1-4H3. The number of para-hydroxylation sites is 4. The third-order valence-electron chi connectivity index (χ3n) is 15.5. The van der Waals surface area contributed by atoms with Crippen molar-refractivity contribution < 1.29 is 17.6 Å². The molecular weight excluding hydrogens is 939 g/mol. The largest absolute Gasteiger partial charge is 0.454 e. The predicted octanol–water partition coefficient (Wildman–Crippen LogP) is 21.2. The monoisotopic (exact) mass is 988 g/mol. The Morgan fingerprint density at radius 3 is 1.13 bits per heavy atom. The van der Waals surface area contributed by atoms with Crippen molar-refractivity contribution >= 4 is 110 Å². The van der Waals surface area contributed by atoms with Gasteiger partial charge >= 0.3 is 0 Å². The molecule has 2 aromatic heterocycles. The zero-order chi connectivity index (χ0) is 51.3. The summed E-state index contributed by atoms with van der Waals surface area (Å²) in [4.78, 5) is 4.55. The van der Waals surface area contributed by atoms with Crippen molar-refractivity contribution in [1.29, 1.82) is 0 Å². The summed E-state index contributed by atoms with van der Waals surface area (Å²) in [6.45, 7) is 9.02. The van der Waals surface area contributed by atoms with Crippen LogP contribution in [0.4, 0.5) is 42.9 Å². The highest BCUT2D eigenvalue weighted by atomic mass is 19.1. The van der Waals surface area contributed by atoms with Crippen molar-refractivity contribution in [2.45, 2.75) is 39.5 Å². The first-order valence-corrected chi connectivity index (χ1v) is 26.1. The summed E-state index contributed by atoms with van der Waals surface area (Å²) in [6.07, 6.45) is 0. The van der Waals surface area contributed by atoms with E-state index in [-0.39, 0.29) is 23.5 Å². The van der Waals surface area contributed by atoms with Crippen LogP contribution in [0.3, 0.4) is 0 Å². The zero-order valence-electron chi connectivity index (χ0n) is 42.4. The van der Waals surface area contributed by atoms with E-state index in [1.54, 1.807) is 12.1 Å². The molecule has 0 atom stereocenters. The Balaban J connectivity index is 1.10. The number of fused-ring (bicyclic) bond motifs is 6. The number of furan rings is 2. The molecule has 76 heavy (non-hydrogen) atoms. The second-order valence-electron chi connectivity index (χ2n) is 20.6. The Labute approximate surface area is 438 Å². The van der Waals surface area contributed by atoms with Crippen molar-refractivity contribution in [2.24, 2.45) is 0 Å². The van der Waals surface area contributed by atoms with Crippen molar-refractivity contribution in [2.75, 3.05) is 9.80 Å². The second-order valence-corrected chi connectivity index (χ2v) is 20.6. The van der Waals surface area contributed by atoms with Crippen molar-refractivity contribution in [3.63, 3.8) is 0 Å². The van der Waals surface area contributed by atoms with Crippen LogP contribution in [0.2, 0.25) is 0 Å². The van der Waals surface area contributed by atoms with Crippen LogP contribution in [-0.4, -0.2) is 0 Å². The average Bonchev–Trinajstić information content (AvgIpc) is 4.05. The highest BCUT2D eigenvalue weighted by Crippen LogP contribution is 2.53. The van der Waals surface area contributed by atoms with Gasteiger partial charge < -0.3 is 18.6 Å². The number of benzene rings is 12. The summed E-state index contributed by atoms with van der Waals surface area (Å²) in [6, 6.07) is 73.1. The summed E-state index contributed by atoms with van der Waals surface area (Å²) in [7, 11) is 0. The number of halogens is 2. The minimum atomic E-state index is -0.302. The van der Waals surface area contributed by atoms with Crippen LogP contribution in [0, 0.1) is 11.6 Å². The molecule has 0 spiro atoms. The van der Waals surface area contributed by atoms with E-state index in [1.807, 2.05) is 121 Å². The van der Waals surface area contributed by atoms with E-state index >= 15 is 8.78 Å². The third kappa shape index (κ3) is 7.08. The molecule has 14 rings (SSSR count). The molecule has 0 unspecified atom stereocenters. The molecule has 12 aromatic carbocycles. The van der Waals surface area contributed by atoms with E-state index in [1.165, 1.54) is 11.1 Å². The molecule has 366 valence electrons. The summed E-state index contributed by atoms with van der Waals surface area (Å²) in [5.74, 6) is -0.378. The molecule has 2 heterocycles. The maximum Gasteiger partial charge on any atom is 0.159 e. The molecule has 14 aromatic rings. The van der Waals surface area contributed by atoms with Crippen molar-refractivity contribution in [3.8, 4) is 22.3 Å². The van der Waals surface area contributed by atoms with Gasteiger partial charge in [-0.1, -0.05) is 173 Å². The van der Waals surface area contributed by atoms with E-state index in [9.17, 15) is 0 Å². The van der Waals surface area contributed by atoms with E-state index < -0.39 is 0 Å². The molecule has 0 N–H and O–H groups in total. The van der Waals surface area contributed by atoms with Crippen LogP contribution in [-0.2, 0) is 0 Å². The molecule has 0 saturated carbocycles. The van der Waals surface area contributed by atoms with Crippen LogP contribution in [0.1, 0.15) is 50.7 Å². The summed E-state index contributed by atoms with van der Waals surface area (Å²) in [5, 5.41) is 10.7. The van der Waals surface area contributed by atoms with Gasteiger partial charge in [-0.05, 0) is 128 Å². The van der Waals surface area contributed by atoms with Crippen molar-refractivity contribution in [1.82, 2.24) is 0 Å². The van der Waals surface area contributed by atoms with Crippen LogP contribution in [0.25, 0.3) is 98.4 Å². The average molecular weight is 989 g/mol. The van der Waals surface area contributed by atoms with Gasteiger partial charge in [-0.2, -0.15) is 0 Å². The molecule has 0 aliphatic carbocycles. The van der Waals surface area contributed by atoms with Crippen LogP contribution in [0.5, 0.6) is 0 Å². The van der Waals surface area contributed by atoms with Gasteiger partial charge in [-0.25, -0.2) is 8.78 Å². The number of rotatable bonds is 10. The SMILES string of the molecule is CC(C)c1cc(N(c2ccc(F)c(-c3ccccc3)c2)c2cccc3c2oc2ccccc23)c2ccc3c(C(C)C)cc(N(c4ccc(F)c(-c5ccccc5)c4)c4cccc5c4oc4ccccc45)c4ccc1c2c34. The number of hydrogen-bond acceptors (Lipinski definition) is 4. The first kappa shape index (κ1) is 45.4. The van der Waals surface area contributed by atoms with Crippen LogP contribution < -0.4 is 9.80 Å². The summed E-state index contributed by atoms with van der Waals surface area (Å²) in [5.41, 5.74) is 13.1. The first-order valence-electron chi connectivity index (χ1n) is 26.1. The summed E-state index contributed by atoms with van der Waals surface area (Å²) < 4.78 is 46.2. The van der Waals surface area contributed by atoms with Gasteiger partial charge in [0.25, 0.3) is 0 Å². The van der Waals surface area contributed by atoms with Gasteiger partial charge in [0.15, 0.2) is 11.2 Å². The van der Waals surface area contributed by atoms with Crippen LogP contribution >= 0.6 is 0 Å². The van der Waals surface area contributed by atoms with E-state index in [0.29, 0.717) is 11.1 Å². The van der Waals surface area contributed by atoms with Gasteiger partial charge in [0, 0.05) is 54.8 Å². The lowest BCUT2D eigenvalue weighted by atomic mass is 9.84. The van der Waals surface area contributed by atoms with Gasteiger partial charge in [0.2, 0.25) is 0 Å². The molecule has 0 saturated heterocycles. The minimum absolute atomic E-state index is 0.113. The molecule has 0 amide bonds. The Morgan fingerprint density at radius 1 is 0.329 bits per heavy atom. The Bertz CT molecular complexity index is 4280. The molecule has 6 heteroatoms. The van der Waals surface area contributed by atoms with E-state index in [2.05, 4.69) is 122 Å². The highest BCUT2D eigenvalue weighted by molar-refractivity contribution is 6.30. The number of nitrogens with zero attached hydrogens (tertiary/aromatic N) is 2. The van der Waals surface area contributed by atoms with E-state index in [4.69, 9.17) is 8.83 Å². The quantitative estimate of drug-likeness (QED) is 0.128. The molecule has 0 aliphatic rings. The highest BCUT2D eigenvalue weighted by Gasteiger charge is 2.29. The molecule has 0 fully saturated rings. The second kappa shape index (κ2) is 17.7. The Morgan fingerprint density at radius 2 is 0.711 bits per heavy atom. The smallest absolute Gasteiger partial charge is 0.159 e. The lowest BCUT2D eigenvalue weighted by Gasteiger charge is -2.32. The van der Waals surface area contributed by atoms with Gasteiger partial charge in [0.05, 0.1) is 22.7 Å². The zero-order valence-corrected chi connectivity index (χ0v) is 42.4. The first-order chi connectivity index (χ1) is 37.2. The molecule has 0 radical (unpaired) electrons. The maximum atomic E-state index is 16.3. The van der Waals surface area contributed by atoms with Gasteiger partial charge in [-0.3, -0.25) is 0 Å². The molecule has 0 bridgehead atoms. The molecule has 0 aliphatic heterocycles. The molecule has 4 nitrogen and oxygen atoms in total.